The molecule has 0 radical (unpaired) electrons. The average Bonchev–Trinajstić information content (AvgIpc) is 2.97. The van der Waals surface area contributed by atoms with E-state index < -0.39 is 0 Å². The third-order valence-electron chi connectivity index (χ3n) is 4.55. The predicted molar refractivity (Wildman–Crippen MR) is 185 cm³/mol. The molecule has 0 aromatic heterocycles. The van der Waals surface area contributed by atoms with E-state index in [1.807, 2.05) is 188 Å². The van der Waals surface area contributed by atoms with Gasteiger partial charge < -0.3 is 0 Å². The number of rotatable bonds is 20. The summed E-state index contributed by atoms with van der Waals surface area (Å²) in [5.41, 5.74) is 0. The summed E-state index contributed by atoms with van der Waals surface area (Å²) in [7, 11) is 0. The quantitative estimate of drug-likeness (QED) is 0.109. The van der Waals surface area contributed by atoms with Gasteiger partial charge in [0.15, 0.2) is 0 Å². The van der Waals surface area contributed by atoms with Crippen molar-refractivity contribution in [3.8, 4) is 0 Å². The Morgan fingerprint density at radius 1 is 0.300 bits per heavy atom. The number of allylic oxidation sites excluding steroid dienone is 35. The van der Waals surface area contributed by atoms with Crippen molar-refractivity contribution in [2.75, 3.05) is 0 Å². The van der Waals surface area contributed by atoms with Crippen LogP contribution in [0.3, 0.4) is 0 Å². The van der Waals surface area contributed by atoms with Gasteiger partial charge in [0.2, 0.25) is 0 Å². The van der Waals surface area contributed by atoms with Crippen LogP contribution in [0.1, 0.15) is 26.2 Å². The maximum atomic E-state index is 3.62. The molecule has 0 unspecified atom stereocenters. The van der Waals surface area contributed by atoms with Crippen molar-refractivity contribution in [3.63, 3.8) is 0 Å². The van der Waals surface area contributed by atoms with Crippen LogP contribution in [-0.2, 0) is 0 Å². The highest BCUT2D eigenvalue weighted by atomic mass is 13.8. The van der Waals surface area contributed by atoms with E-state index in [9.17, 15) is 0 Å². The van der Waals surface area contributed by atoms with Crippen LogP contribution >= 0.6 is 0 Å². The van der Waals surface area contributed by atoms with Gasteiger partial charge in [0.05, 0.1) is 0 Å². The molecule has 0 rings (SSSR count). The minimum atomic E-state index is 1.16. The zero-order chi connectivity index (χ0) is 28.9. The fourth-order valence-electron chi connectivity index (χ4n) is 2.56. The van der Waals surface area contributed by atoms with Crippen molar-refractivity contribution in [2.24, 2.45) is 0 Å². The van der Waals surface area contributed by atoms with Gasteiger partial charge in [-0.3, -0.25) is 0 Å². The van der Waals surface area contributed by atoms with Crippen LogP contribution in [0.25, 0.3) is 0 Å². The normalized spacial score (nSPS) is 14.8. The Morgan fingerprint density at radius 2 is 0.500 bits per heavy atom. The van der Waals surface area contributed by atoms with E-state index >= 15 is 0 Å². The molecule has 0 heterocycles. The molecular formula is C40H46. The Morgan fingerprint density at radius 3 is 0.700 bits per heavy atom. The van der Waals surface area contributed by atoms with Gasteiger partial charge in [0.25, 0.3) is 0 Å². The Hall–Kier alpha value is -4.68. The molecule has 0 saturated heterocycles. The summed E-state index contributed by atoms with van der Waals surface area (Å²) < 4.78 is 0. The summed E-state index contributed by atoms with van der Waals surface area (Å²) in [6.07, 6.45) is 73.7. The molecule has 0 aliphatic carbocycles. The minimum absolute atomic E-state index is 1.16. The van der Waals surface area contributed by atoms with E-state index in [0.717, 1.165) is 6.42 Å². The van der Waals surface area contributed by atoms with Crippen molar-refractivity contribution in [1.29, 1.82) is 0 Å². The molecule has 0 atom stereocenters. The van der Waals surface area contributed by atoms with Gasteiger partial charge in [-0.15, -0.1) is 0 Å². The highest BCUT2D eigenvalue weighted by Crippen LogP contribution is 1.95. The predicted octanol–water partition coefficient (Wildman–Crippen LogP) is 11.8. The van der Waals surface area contributed by atoms with E-state index in [-0.39, 0.29) is 0 Å². The van der Waals surface area contributed by atoms with E-state index in [0.29, 0.717) is 0 Å². The molecule has 0 amide bonds. The molecule has 0 aliphatic rings. The highest BCUT2D eigenvalue weighted by Gasteiger charge is 1.74. The Balaban J connectivity index is 3.99. The Kier molecular flexibility index (Phi) is 30.3. The van der Waals surface area contributed by atoms with Crippen molar-refractivity contribution >= 4 is 0 Å². The van der Waals surface area contributed by atoms with Crippen LogP contribution in [0.2, 0.25) is 0 Å². The van der Waals surface area contributed by atoms with Crippen LogP contribution in [0.5, 0.6) is 0 Å². The topological polar surface area (TPSA) is 0 Å². The van der Waals surface area contributed by atoms with E-state index in [1.54, 1.807) is 6.08 Å². The molecule has 0 bridgehead atoms. The Bertz CT molecular complexity index is 1110. The van der Waals surface area contributed by atoms with Gasteiger partial charge in [0, 0.05) is 0 Å². The second-order valence-electron chi connectivity index (χ2n) is 7.96. The van der Waals surface area contributed by atoms with Gasteiger partial charge in [-0.1, -0.05) is 239 Å². The van der Waals surface area contributed by atoms with Gasteiger partial charge in [-0.05, 0) is 6.42 Å². The smallest absolute Gasteiger partial charge is 0.0348 e. The zero-order valence-electron chi connectivity index (χ0n) is 24.0. The van der Waals surface area contributed by atoms with Crippen LogP contribution < -0.4 is 0 Å². The summed E-state index contributed by atoms with van der Waals surface area (Å²) in [6.45, 7) is 5.83. The van der Waals surface area contributed by atoms with Crippen molar-refractivity contribution < 1.29 is 0 Å². The van der Waals surface area contributed by atoms with E-state index in [2.05, 4.69) is 31.7 Å². The summed E-state index contributed by atoms with van der Waals surface area (Å²) in [5.74, 6) is 0. The molecule has 40 heavy (non-hydrogen) atoms. The maximum absolute atomic E-state index is 3.62. The standard InChI is InChI=1S/C40H46/c1-3-5-7-9-11-13-15-17-19-21-23-25-27-29-31-33-35-37-39-40-38-36-34-32-30-28-26-24-22-20-18-16-14-12-10-8-6-4-2/h3,5,7,9-40H,1,4,6,8H2,2H3. The molecule has 0 heteroatoms. The van der Waals surface area contributed by atoms with Crippen LogP contribution in [0.15, 0.2) is 219 Å². The van der Waals surface area contributed by atoms with Gasteiger partial charge in [-0.25, -0.2) is 0 Å². The fraction of sp³-hybridized carbons (Fsp3) is 0.100. The third-order valence-corrected chi connectivity index (χ3v) is 4.55. The van der Waals surface area contributed by atoms with Gasteiger partial charge in [-0.2, -0.15) is 0 Å². The largest absolute Gasteiger partial charge is 0.0991 e. The SMILES string of the molecule is C=CC=CC=CC=CC=CC=CC=CC=CC=CC=CC=CC=CC=CC=CC=CC=CC=CC=CCCCC. The van der Waals surface area contributed by atoms with Crippen LogP contribution in [-0.4, -0.2) is 0 Å². The van der Waals surface area contributed by atoms with Gasteiger partial charge >= 0.3 is 0 Å². The first kappa shape index (κ1) is 35.3. The molecule has 206 valence electrons. The molecule has 0 fully saturated rings. The van der Waals surface area contributed by atoms with Gasteiger partial charge in [0.1, 0.15) is 0 Å². The maximum Gasteiger partial charge on any atom is -0.0348 e. The molecular weight excluding hydrogens is 480 g/mol. The lowest BCUT2D eigenvalue weighted by Gasteiger charge is -1.84. The third kappa shape index (κ3) is 33.3. The van der Waals surface area contributed by atoms with Crippen molar-refractivity contribution in [1.82, 2.24) is 0 Å². The summed E-state index contributed by atoms with van der Waals surface area (Å²) in [5, 5.41) is 0. The number of hydrogen-bond donors (Lipinski definition) is 0. The van der Waals surface area contributed by atoms with E-state index in [1.165, 1.54) is 12.8 Å². The van der Waals surface area contributed by atoms with Crippen LogP contribution in [0.4, 0.5) is 0 Å². The lowest BCUT2D eigenvalue weighted by molar-refractivity contribution is 0.815. The molecule has 0 aromatic carbocycles. The fourth-order valence-corrected chi connectivity index (χ4v) is 2.56. The highest BCUT2D eigenvalue weighted by molar-refractivity contribution is 5.24. The summed E-state index contributed by atoms with van der Waals surface area (Å²) in [6, 6.07) is 0. The van der Waals surface area contributed by atoms with Crippen molar-refractivity contribution in [2.45, 2.75) is 26.2 Å². The van der Waals surface area contributed by atoms with Crippen molar-refractivity contribution in [3.05, 3.63) is 219 Å². The monoisotopic (exact) mass is 526 g/mol. The molecule has 0 spiro atoms. The van der Waals surface area contributed by atoms with E-state index in [4.69, 9.17) is 0 Å². The average molecular weight is 527 g/mol. The lowest BCUT2D eigenvalue weighted by atomic mass is 10.2. The first-order chi connectivity index (χ1) is 19.9. The number of unbranched alkanes of at least 4 members (excludes halogenated alkanes) is 2. The molecule has 0 aliphatic heterocycles. The summed E-state index contributed by atoms with van der Waals surface area (Å²) >= 11 is 0. The van der Waals surface area contributed by atoms with Crippen LogP contribution in [0, 0.1) is 0 Å². The first-order valence-electron chi connectivity index (χ1n) is 13.9. The second kappa shape index (κ2) is 34.3. The lowest BCUT2D eigenvalue weighted by Crippen LogP contribution is -1.64. The minimum Gasteiger partial charge on any atom is -0.0991 e. The summed E-state index contributed by atoms with van der Waals surface area (Å²) in [4.78, 5) is 0. The first-order valence-corrected chi connectivity index (χ1v) is 13.9. The zero-order valence-corrected chi connectivity index (χ0v) is 24.0. The second-order valence-corrected chi connectivity index (χ2v) is 7.96. The molecule has 0 N–H and O–H groups in total. The molecule has 0 aromatic rings. The molecule has 0 nitrogen and oxygen atoms in total. The number of hydrogen-bond acceptors (Lipinski definition) is 0. The molecule has 0 saturated carbocycles. The Labute approximate surface area is 245 Å².